The molecule has 0 unspecified atom stereocenters. The summed E-state index contributed by atoms with van der Waals surface area (Å²) in [4.78, 5) is 75.9. The van der Waals surface area contributed by atoms with E-state index < -0.39 is 143 Å². The van der Waals surface area contributed by atoms with Crippen LogP contribution in [0, 0.1) is 34.2 Å². The molecule has 13 N–H and O–H groups in total. The van der Waals surface area contributed by atoms with Crippen molar-refractivity contribution in [3.8, 4) is 40.9 Å². The monoisotopic (exact) mass is 1620 g/mol. The summed E-state index contributed by atoms with van der Waals surface area (Å²) >= 11 is 2.78. The number of hydrogen-bond acceptors (Lipinski definition) is 32. The minimum absolute atomic E-state index is 0.00206. The van der Waals surface area contributed by atoms with Gasteiger partial charge in [0, 0.05) is 68.2 Å². The molecule has 19 atom stereocenters. The topological polar surface area (TPSA) is 428 Å². The highest BCUT2D eigenvalue weighted by molar-refractivity contribution is 14.1. The number of ether oxygens (including phenoxy) is 14. The Bertz CT molecular complexity index is 3290. The molecular formula is C67H98IN7O25S3. The van der Waals surface area contributed by atoms with Gasteiger partial charge in [-0.2, -0.15) is 5.48 Å². The van der Waals surface area contributed by atoms with Crippen LogP contribution in [-0.2, 0) is 71.3 Å². The SMILES string of the molecule is CCN(CC(=O)NCCOCCOCCN)[C@H]1CO[C@@H](O[C@H]2[C@H](O[C@H]3C#C/C=C\C#C[C@]4(O)CC(=O)C(NC(=O)OC)=C3/C4=C\CSSC(C)(C)CC(=O)NN)O[C@H](C)[C@@H](NO[C@H]3C[C@H](O)[C@H](SC(=O)c4c(C)c(I)c(O[C@@H]5O[C@@H](C)[C@H](O)[C@@H](OC)[C@H]5O)c(OC)c4OC)[C@@H](C)O3)[C@@H]2O)C[C@@H]1OC. The highest BCUT2D eigenvalue weighted by Gasteiger charge is 2.53. The van der Waals surface area contributed by atoms with E-state index in [4.69, 9.17) is 82.7 Å². The van der Waals surface area contributed by atoms with Gasteiger partial charge in [-0.3, -0.25) is 39.7 Å². The quantitative estimate of drug-likeness (QED) is 0.00868. The second kappa shape index (κ2) is 40.6. The third-order valence-electron chi connectivity index (χ3n) is 17.6. The number of nitrogens with zero attached hydrogens (tertiary/aromatic N) is 1. The van der Waals surface area contributed by atoms with Crippen LogP contribution in [0.4, 0.5) is 4.79 Å². The van der Waals surface area contributed by atoms with Crippen LogP contribution in [0.2, 0.25) is 0 Å². The number of methoxy groups -OCH3 is 5. The highest BCUT2D eigenvalue weighted by Crippen LogP contribution is 2.49. The Morgan fingerprint density at radius 3 is 2.22 bits per heavy atom. The Labute approximate surface area is 625 Å². The van der Waals surface area contributed by atoms with Gasteiger partial charge in [-0.1, -0.05) is 70.0 Å². The third kappa shape index (κ3) is 22.3. The lowest BCUT2D eigenvalue weighted by Crippen LogP contribution is -2.65. The van der Waals surface area contributed by atoms with E-state index in [0.29, 0.717) is 42.0 Å². The number of nitrogens with one attached hydrogen (secondary N) is 4. The maximum atomic E-state index is 14.6. The van der Waals surface area contributed by atoms with E-state index in [9.17, 15) is 49.5 Å². The Balaban J connectivity index is 1.15. The summed E-state index contributed by atoms with van der Waals surface area (Å²) in [5.41, 5.74) is 8.38. The summed E-state index contributed by atoms with van der Waals surface area (Å²) in [6, 6.07) is -1.67. The fourth-order valence-electron chi connectivity index (χ4n) is 12.3. The third-order valence-corrected chi connectivity index (χ3v) is 23.4. The summed E-state index contributed by atoms with van der Waals surface area (Å²) in [6.07, 6.45) is -15.7. The van der Waals surface area contributed by atoms with Crippen LogP contribution in [0.3, 0.4) is 0 Å². The predicted octanol–water partition coefficient (Wildman–Crippen LogP) is 0.898. The molecule has 4 aliphatic heterocycles. The summed E-state index contributed by atoms with van der Waals surface area (Å²) in [6.45, 7) is 14.5. The van der Waals surface area contributed by atoms with Crippen LogP contribution in [-0.4, -0.2) is 280 Å². The van der Waals surface area contributed by atoms with Crippen molar-refractivity contribution in [1.29, 1.82) is 0 Å². The second-order valence-corrected chi connectivity index (χ2v) is 30.5. The van der Waals surface area contributed by atoms with Crippen molar-refractivity contribution in [2.45, 2.75) is 194 Å². The second-order valence-electron chi connectivity index (χ2n) is 25.3. The van der Waals surface area contributed by atoms with Gasteiger partial charge in [0.05, 0.1) is 130 Å². The van der Waals surface area contributed by atoms with E-state index in [-0.39, 0.29) is 103 Å². The van der Waals surface area contributed by atoms with E-state index in [2.05, 4.69) is 45.2 Å². The maximum absolute atomic E-state index is 14.6. The molecule has 7 rings (SSSR count). The molecule has 0 aromatic heterocycles. The van der Waals surface area contributed by atoms with Crippen molar-refractivity contribution < 1.29 is 121 Å². The number of amides is 3. The smallest absolute Gasteiger partial charge is 0.411 e. The van der Waals surface area contributed by atoms with Gasteiger partial charge in [0.15, 0.2) is 41.8 Å². The van der Waals surface area contributed by atoms with E-state index >= 15 is 0 Å². The van der Waals surface area contributed by atoms with Gasteiger partial charge >= 0.3 is 6.09 Å². The molecule has 4 heterocycles. The zero-order valence-corrected chi connectivity index (χ0v) is 64.2. The number of hydroxylamine groups is 1. The zero-order valence-electron chi connectivity index (χ0n) is 59.6. The molecule has 0 radical (unpaired) electrons. The number of thioether (sulfide) groups is 1. The van der Waals surface area contributed by atoms with Crippen LogP contribution in [0.25, 0.3) is 0 Å². The van der Waals surface area contributed by atoms with Crippen molar-refractivity contribution in [1.82, 2.24) is 26.4 Å². The lowest BCUT2D eigenvalue weighted by molar-refractivity contribution is -0.337. The number of alkyl carbamates (subject to hydrolysis) is 1. The minimum atomic E-state index is -2.20. The van der Waals surface area contributed by atoms with Crippen molar-refractivity contribution in [3.05, 3.63) is 49.8 Å². The van der Waals surface area contributed by atoms with Crippen molar-refractivity contribution in [2.24, 2.45) is 11.6 Å². The number of nitrogens with two attached hydrogens (primary N) is 2. The minimum Gasteiger partial charge on any atom is -0.492 e. The maximum Gasteiger partial charge on any atom is 0.411 e. The van der Waals surface area contributed by atoms with E-state index in [1.54, 1.807) is 33.8 Å². The lowest BCUT2D eigenvalue weighted by Gasteiger charge is -2.47. The largest absolute Gasteiger partial charge is 0.492 e. The number of hydrogen-bond donors (Lipinski definition) is 11. The summed E-state index contributed by atoms with van der Waals surface area (Å²) in [5.74, 6) is 15.7. The molecule has 2 aliphatic carbocycles. The van der Waals surface area contributed by atoms with Crippen molar-refractivity contribution >= 4 is 84.7 Å². The van der Waals surface area contributed by atoms with Crippen LogP contribution in [0.1, 0.15) is 83.1 Å². The molecule has 36 heteroatoms. The molecule has 0 saturated carbocycles. The normalized spacial score (nSPS) is 31.6. The number of carbonyl (C=O) groups is 5. The number of hydrazine groups is 1. The van der Waals surface area contributed by atoms with Gasteiger partial charge in [-0.25, -0.2) is 10.6 Å². The van der Waals surface area contributed by atoms with E-state index in [1.807, 2.05) is 48.3 Å². The summed E-state index contributed by atoms with van der Waals surface area (Å²) in [5, 5.41) is 63.0. The van der Waals surface area contributed by atoms with Gasteiger partial charge in [0.25, 0.3) is 0 Å². The first kappa shape index (κ1) is 85.7. The molecule has 576 valence electrons. The van der Waals surface area contributed by atoms with Crippen LogP contribution >= 0.6 is 55.9 Å². The van der Waals surface area contributed by atoms with Gasteiger partial charge in [0.2, 0.25) is 29.0 Å². The average Bonchev–Trinajstić information content (AvgIpc) is 0.755. The number of benzene rings is 1. The number of aliphatic hydroxyl groups excluding tert-OH is 4. The molecule has 3 amide bonds. The molecule has 4 saturated heterocycles. The molecule has 32 nitrogen and oxygen atoms in total. The first-order valence-electron chi connectivity index (χ1n) is 33.4. The van der Waals surface area contributed by atoms with E-state index in [0.717, 1.165) is 18.9 Å². The van der Waals surface area contributed by atoms with Gasteiger partial charge < -0.3 is 103 Å². The standard InChI is InChI=1S/C67H98IN7O25S3/c1-13-75(32-45(79)71-22-24-92-26-25-91-23-21-69)39-33-93-46(29-43(39)86-8)98-59-54(81)51(35(3)95-64(59)97-42-18-16-14-15-17-20-67(85)30-41(77)52(72-65(84)90-12)49(42)38(67)19-27-101-103-66(6,7)31-44(78)73-70)74-100-47-28-40(76)61(37(5)94-47)102-62(83)48-34(2)50(68)57(60(89-11)56(48)87-9)99-63-55(82)58(88-10)53(80)36(4)96-63/h14-15,19,35-37,39-40,42-43,46-47,51,53-55,58-59,61,63-64,74,76,80-82,85H,13,21-33,69-70H2,1-12H3,(H,71,79)(H,72,84)(H,73,78)/b15-14-,38-19+/t35-,36+,37-,39+,40+,42+,43+,46+,47+,51-,53+,54+,55-,58-,59-,61-,63+,64+,67+/m1/s1. The molecule has 1 aromatic rings. The number of rotatable bonds is 34. The molecule has 6 aliphatic rings. The van der Waals surface area contributed by atoms with Gasteiger partial charge in [0.1, 0.15) is 36.6 Å². The number of likely N-dealkylation sites (N-methyl/N-ethyl adjacent to an activating group) is 1. The number of fused-ring (bicyclic) bond motifs is 2. The predicted molar refractivity (Wildman–Crippen MR) is 384 cm³/mol. The first-order chi connectivity index (χ1) is 49.1. The van der Waals surface area contributed by atoms with Gasteiger partial charge in [-0.15, -0.1) is 0 Å². The molecule has 0 spiro atoms. The number of Topliss-reactive ketones (excluding diaryl/α,β-unsaturated/α-hetero) is 1. The first-order valence-corrected chi connectivity index (χ1v) is 37.7. The molecular weight excluding hydrogens is 1530 g/mol. The number of aliphatic hydroxyl groups is 5. The van der Waals surface area contributed by atoms with E-state index in [1.165, 1.54) is 62.2 Å². The fraction of sp³-hybridized carbons (Fsp3) is 0.687. The Hall–Kier alpha value is -4.51. The lowest BCUT2D eigenvalue weighted by atomic mass is 9.75. The molecule has 4 fully saturated rings. The van der Waals surface area contributed by atoms with Crippen LogP contribution in [0.5, 0.6) is 17.2 Å². The fourth-order valence-corrected chi connectivity index (χ4v) is 16.5. The van der Waals surface area contributed by atoms with Crippen LogP contribution in [0.15, 0.2) is 35.1 Å². The zero-order chi connectivity index (χ0) is 75.5. The molecule has 2 bridgehead atoms. The average molecular weight is 1620 g/mol. The summed E-state index contributed by atoms with van der Waals surface area (Å²) in [7, 11) is 9.32. The molecule has 1 aromatic carbocycles. The number of carbonyl (C=O) groups excluding carboxylic acids is 5. The molecule has 103 heavy (non-hydrogen) atoms. The van der Waals surface area contributed by atoms with Gasteiger partial charge in [-0.05, 0) is 88.4 Å². The van der Waals surface area contributed by atoms with Crippen LogP contribution < -0.4 is 47.3 Å². The van der Waals surface area contributed by atoms with Crippen molar-refractivity contribution in [3.63, 3.8) is 0 Å². The number of halogens is 1. The Morgan fingerprint density at radius 2 is 1.56 bits per heavy atom. The Kier molecular flexibility index (Phi) is 33.8. The highest BCUT2D eigenvalue weighted by atomic mass is 127. The Morgan fingerprint density at radius 1 is 0.854 bits per heavy atom. The number of allylic oxidation sites excluding steroid dienone is 3. The van der Waals surface area contributed by atoms with Crippen molar-refractivity contribution in [2.75, 3.05) is 101 Å². The summed E-state index contributed by atoms with van der Waals surface area (Å²) < 4.78 is 83.8. The number of ketones is 1.